The molecule has 31 heavy (non-hydrogen) atoms. The number of benzene rings is 1. The quantitative estimate of drug-likeness (QED) is 0.320. The van der Waals surface area contributed by atoms with E-state index in [1.54, 1.807) is 31.3 Å². The predicted molar refractivity (Wildman–Crippen MR) is 112 cm³/mol. The number of carbonyl (C=O) groups is 1. The molecule has 1 aromatic carbocycles. The van der Waals surface area contributed by atoms with Gasteiger partial charge in [-0.05, 0) is 43.7 Å². The van der Waals surface area contributed by atoms with E-state index >= 15 is 0 Å². The van der Waals surface area contributed by atoms with Gasteiger partial charge in [-0.2, -0.15) is 5.10 Å². The zero-order chi connectivity index (χ0) is 22.1. The van der Waals surface area contributed by atoms with Crippen LogP contribution in [-0.4, -0.2) is 37.5 Å². The van der Waals surface area contributed by atoms with Gasteiger partial charge in [0.1, 0.15) is 22.9 Å². The number of H-pyrrole nitrogens is 1. The van der Waals surface area contributed by atoms with Crippen molar-refractivity contribution >= 4 is 16.9 Å². The van der Waals surface area contributed by atoms with E-state index in [2.05, 4.69) is 15.1 Å². The van der Waals surface area contributed by atoms with Gasteiger partial charge < -0.3 is 14.1 Å². The first-order valence-electron chi connectivity index (χ1n) is 9.74. The molecule has 0 aliphatic rings. The summed E-state index contributed by atoms with van der Waals surface area (Å²) in [6.45, 7) is 4.24. The number of aryl methyl sites for hydroxylation is 2. The summed E-state index contributed by atoms with van der Waals surface area (Å²) in [4.78, 5) is 31.8. The van der Waals surface area contributed by atoms with Crippen molar-refractivity contribution in [2.75, 3.05) is 6.61 Å². The van der Waals surface area contributed by atoms with E-state index in [1.807, 2.05) is 13.8 Å². The predicted octanol–water partition coefficient (Wildman–Crippen LogP) is 2.66. The minimum absolute atomic E-state index is 0.0381. The number of hydrogen-bond donors (Lipinski definition) is 3. The van der Waals surface area contributed by atoms with Crippen LogP contribution in [0.4, 0.5) is 0 Å². The molecule has 3 aromatic heterocycles. The van der Waals surface area contributed by atoms with Gasteiger partial charge in [-0.25, -0.2) is 10.5 Å². The molecular weight excluding hydrogens is 402 g/mol. The van der Waals surface area contributed by atoms with Gasteiger partial charge in [0.15, 0.2) is 11.3 Å². The molecule has 0 aliphatic heterocycles. The van der Waals surface area contributed by atoms with Crippen LogP contribution in [0.2, 0.25) is 0 Å². The normalized spacial score (nSPS) is 11.1. The molecule has 3 N–H and O–H groups in total. The molecule has 4 rings (SSSR count). The number of nitrogens with zero attached hydrogens (tertiary/aromatic N) is 3. The molecule has 0 spiro atoms. The third-order valence-corrected chi connectivity index (χ3v) is 4.85. The van der Waals surface area contributed by atoms with Crippen molar-refractivity contribution in [2.24, 2.45) is 7.05 Å². The molecule has 1 amide bonds. The number of carbonyl (C=O) groups excluding carboxylic acids is 1. The highest BCUT2D eigenvalue weighted by molar-refractivity contribution is 5.91. The van der Waals surface area contributed by atoms with Crippen LogP contribution in [-0.2, 0) is 13.5 Å². The summed E-state index contributed by atoms with van der Waals surface area (Å²) in [6.07, 6.45) is 0.633. The fourth-order valence-electron chi connectivity index (χ4n) is 3.43. The van der Waals surface area contributed by atoms with Crippen molar-refractivity contribution in [1.82, 2.24) is 25.2 Å². The number of furan rings is 1. The standard InChI is InChI=1S/C21H21N5O5/c1-4-13-17-18(26(3)24-13)21(28)23-19(22-17)12-10-11(6-7-15(12)30-5-2)14-8-9-16(31-14)20(27)25-29/h6-10,29H,4-5H2,1-3H3,(H,25,27)(H,22,23,28). The maximum Gasteiger partial charge on any atom is 0.310 e. The van der Waals surface area contributed by atoms with Crippen molar-refractivity contribution in [3.63, 3.8) is 0 Å². The Bertz CT molecular complexity index is 1330. The maximum atomic E-state index is 12.8. The lowest BCUT2D eigenvalue weighted by atomic mass is 10.1. The van der Waals surface area contributed by atoms with E-state index in [0.29, 0.717) is 52.5 Å². The minimum Gasteiger partial charge on any atom is -0.493 e. The van der Waals surface area contributed by atoms with Crippen LogP contribution in [0, 0.1) is 0 Å². The number of fused-ring (bicyclic) bond motifs is 1. The maximum absolute atomic E-state index is 12.8. The van der Waals surface area contributed by atoms with E-state index < -0.39 is 5.91 Å². The first kappa shape index (κ1) is 20.4. The largest absolute Gasteiger partial charge is 0.493 e. The average Bonchev–Trinajstić information content (AvgIpc) is 3.39. The highest BCUT2D eigenvalue weighted by Crippen LogP contribution is 2.34. The van der Waals surface area contributed by atoms with Crippen LogP contribution in [0.25, 0.3) is 33.7 Å². The summed E-state index contributed by atoms with van der Waals surface area (Å²) < 4.78 is 12.8. The van der Waals surface area contributed by atoms with Gasteiger partial charge >= 0.3 is 5.91 Å². The summed E-state index contributed by atoms with van der Waals surface area (Å²) in [5.41, 5.74) is 4.10. The van der Waals surface area contributed by atoms with E-state index in [0.717, 1.165) is 5.69 Å². The molecule has 10 nitrogen and oxygen atoms in total. The van der Waals surface area contributed by atoms with Gasteiger partial charge in [-0.3, -0.25) is 19.5 Å². The number of ether oxygens (including phenoxy) is 1. The minimum atomic E-state index is -0.752. The van der Waals surface area contributed by atoms with Crippen LogP contribution in [0.5, 0.6) is 5.75 Å². The van der Waals surface area contributed by atoms with Crippen LogP contribution >= 0.6 is 0 Å². The van der Waals surface area contributed by atoms with E-state index in [4.69, 9.17) is 14.4 Å². The second kappa shape index (κ2) is 8.07. The SMILES string of the molecule is CCOc1ccc(-c2ccc(C(=O)NO)o2)cc1-c1nc2c(CC)nn(C)c2c(=O)[nH]1. The topological polar surface area (TPSA) is 135 Å². The molecule has 4 aromatic rings. The second-order valence-electron chi connectivity index (χ2n) is 6.78. The molecule has 160 valence electrons. The number of hydroxylamine groups is 1. The van der Waals surface area contributed by atoms with E-state index in [-0.39, 0.29) is 11.3 Å². The van der Waals surface area contributed by atoms with Gasteiger partial charge in [0.2, 0.25) is 0 Å². The second-order valence-corrected chi connectivity index (χ2v) is 6.78. The van der Waals surface area contributed by atoms with Gasteiger partial charge in [-0.1, -0.05) is 6.92 Å². The van der Waals surface area contributed by atoms with Crippen molar-refractivity contribution in [3.8, 4) is 28.5 Å². The third kappa shape index (κ3) is 3.57. The lowest BCUT2D eigenvalue weighted by Crippen LogP contribution is -2.17. The Morgan fingerprint density at radius 1 is 1.29 bits per heavy atom. The highest BCUT2D eigenvalue weighted by atomic mass is 16.5. The average molecular weight is 423 g/mol. The summed E-state index contributed by atoms with van der Waals surface area (Å²) in [5, 5.41) is 13.2. The van der Waals surface area contributed by atoms with Crippen LogP contribution in [0.1, 0.15) is 30.1 Å². The van der Waals surface area contributed by atoms with Gasteiger partial charge in [0, 0.05) is 12.6 Å². The summed E-state index contributed by atoms with van der Waals surface area (Å²) >= 11 is 0. The zero-order valence-corrected chi connectivity index (χ0v) is 17.2. The molecule has 10 heteroatoms. The molecule has 0 aliphatic carbocycles. The van der Waals surface area contributed by atoms with Crippen molar-refractivity contribution in [1.29, 1.82) is 0 Å². The first-order chi connectivity index (χ1) is 15.0. The molecular formula is C21H21N5O5. The Hall–Kier alpha value is -3.92. The Balaban J connectivity index is 1.89. The van der Waals surface area contributed by atoms with Gasteiger partial charge in [0.25, 0.3) is 5.56 Å². The van der Waals surface area contributed by atoms with E-state index in [9.17, 15) is 9.59 Å². The molecule has 0 atom stereocenters. The fraction of sp³-hybridized carbons (Fsp3) is 0.238. The molecule has 0 saturated heterocycles. The molecule has 3 heterocycles. The number of aromatic amines is 1. The van der Waals surface area contributed by atoms with Crippen molar-refractivity contribution < 1.29 is 19.2 Å². The van der Waals surface area contributed by atoms with Gasteiger partial charge in [-0.15, -0.1) is 0 Å². The molecule has 0 bridgehead atoms. The monoisotopic (exact) mass is 423 g/mol. The molecule has 0 radical (unpaired) electrons. The summed E-state index contributed by atoms with van der Waals surface area (Å²) in [5.74, 6) is 0.490. The Morgan fingerprint density at radius 3 is 2.81 bits per heavy atom. The Morgan fingerprint density at radius 2 is 2.10 bits per heavy atom. The number of hydrogen-bond acceptors (Lipinski definition) is 7. The summed E-state index contributed by atoms with van der Waals surface area (Å²) in [6, 6.07) is 8.34. The van der Waals surface area contributed by atoms with Gasteiger partial charge in [0.05, 0.1) is 17.9 Å². The lowest BCUT2D eigenvalue weighted by molar-refractivity contribution is 0.0677. The third-order valence-electron chi connectivity index (χ3n) is 4.85. The molecule has 0 unspecified atom stereocenters. The Labute approximate surface area is 176 Å². The number of aromatic nitrogens is 4. The number of nitrogens with one attached hydrogen (secondary N) is 2. The van der Waals surface area contributed by atoms with Crippen molar-refractivity contribution in [3.05, 3.63) is 52.1 Å². The van der Waals surface area contributed by atoms with Crippen molar-refractivity contribution in [2.45, 2.75) is 20.3 Å². The number of rotatable bonds is 6. The summed E-state index contributed by atoms with van der Waals surface area (Å²) in [7, 11) is 1.71. The lowest BCUT2D eigenvalue weighted by Gasteiger charge is -2.11. The highest BCUT2D eigenvalue weighted by Gasteiger charge is 2.19. The zero-order valence-electron chi connectivity index (χ0n) is 17.2. The Kier molecular flexibility index (Phi) is 5.30. The fourth-order valence-corrected chi connectivity index (χ4v) is 3.43. The van der Waals surface area contributed by atoms with Crippen LogP contribution in [0.15, 0.2) is 39.5 Å². The molecule has 0 saturated carbocycles. The first-order valence-corrected chi connectivity index (χ1v) is 9.74. The van der Waals surface area contributed by atoms with Crippen LogP contribution < -0.4 is 15.8 Å². The van der Waals surface area contributed by atoms with Crippen LogP contribution in [0.3, 0.4) is 0 Å². The molecule has 0 fully saturated rings. The smallest absolute Gasteiger partial charge is 0.310 e. The van der Waals surface area contributed by atoms with E-state index in [1.165, 1.54) is 16.2 Å². The number of amides is 1.